The lowest BCUT2D eigenvalue weighted by atomic mass is 10.0. The lowest BCUT2D eigenvalue weighted by Gasteiger charge is -2.27. The van der Waals surface area contributed by atoms with E-state index in [-0.39, 0.29) is 37.1 Å². The third-order valence-corrected chi connectivity index (χ3v) is 17.4. The number of unbranched alkanes of at least 4 members (excludes halogenated alkanes) is 2. The zero-order valence-corrected chi connectivity index (χ0v) is 47.0. The molecule has 0 saturated carbocycles. The van der Waals surface area contributed by atoms with E-state index in [4.69, 9.17) is 38.9 Å². The molecule has 8 rings (SSSR count). The summed E-state index contributed by atoms with van der Waals surface area (Å²) in [6, 6.07) is 22.5. The van der Waals surface area contributed by atoms with Crippen molar-refractivity contribution in [3.8, 4) is 28.7 Å². The van der Waals surface area contributed by atoms with Crippen molar-refractivity contribution in [3.63, 3.8) is 0 Å². The standard InChI is InChI=1S/C57H73N5O11Si2/c1-67-43-19-17-40(18-20-43)42-28-49-57(66)62(37-71-24-26-75(7,8)9)47-32-53(51(69-3)30-45(47)55(64)60(49)35-42)73-22-12-10-11-21-72-52-31-46-44(29-50(52)68-2)54(63)59-34-41(39-15-13-38(33-58)14-16-39)27-48(59)56(65)61(46)36-70-23-25-74(4,5)6/h13-20,29-32,34-35,48-49H,10-12,21-28,33,36-37,58H2,1-9H3/t48-,49-/m0/s1. The molecule has 18 heteroatoms. The minimum Gasteiger partial charge on any atom is -0.497 e. The summed E-state index contributed by atoms with van der Waals surface area (Å²) >= 11 is 0. The molecule has 2 atom stereocenters. The first-order valence-corrected chi connectivity index (χ1v) is 33.3. The number of amides is 4. The Morgan fingerprint density at radius 3 is 1.35 bits per heavy atom. The zero-order valence-electron chi connectivity index (χ0n) is 45.0. The Hall–Kier alpha value is -6.45. The molecule has 400 valence electrons. The van der Waals surface area contributed by atoms with Gasteiger partial charge in [-0.25, -0.2) is 0 Å². The third kappa shape index (κ3) is 12.6. The van der Waals surface area contributed by atoms with Gasteiger partial charge in [0.25, 0.3) is 23.6 Å². The maximum absolute atomic E-state index is 14.6. The molecule has 4 amide bonds. The van der Waals surface area contributed by atoms with Crippen molar-refractivity contribution in [3.05, 3.63) is 113 Å². The number of rotatable bonds is 24. The number of carbonyl (C=O) groups excluding carboxylic acids is 4. The molecule has 4 aliphatic rings. The Morgan fingerprint density at radius 2 is 0.960 bits per heavy atom. The molecule has 0 radical (unpaired) electrons. The van der Waals surface area contributed by atoms with Crippen LogP contribution in [0.5, 0.6) is 28.7 Å². The number of benzene rings is 4. The number of anilines is 2. The molecule has 0 aliphatic carbocycles. The summed E-state index contributed by atoms with van der Waals surface area (Å²) in [5.74, 6) is 1.14. The van der Waals surface area contributed by atoms with E-state index >= 15 is 0 Å². The fourth-order valence-corrected chi connectivity index (χ4v) is 11.0. The van der Waals surface area contributed by atoms with Crippen LogP contribution in [0, 0.1) is 0 Å². The number of nitrogens with zero attached hydrogens (tertiary/aromatic N) is 4. The van der Waals surface area contributed by atoms with E-state index in [0.29, 0.717) is 110 Å². The molecule has 0 unspecified atom stereocenters. The Labute approximate surface area is 443 Å². The van der Waals surface area contributed by atoms with Gasteiger partial charge in [-0.2, -0.15) is 0 Å². The second kappa shape index (κ2) is 23.6. The molecule has 0 saturated heterocycles. The van der Waals surface area contributed by atoms with Crippen LogP contribution in [0.3, 0.4) is 0 Å². The van der Waals surface area contributed by atoms with Gasteiger partial charge in [-0.05, 0) is 83.5 Å². The maximum atomic E-state index is 14.6. The first-order chi connectivity index (χ1) is 35.9. The van der Waals surface area contributed by atoms with E-state index in [1.54, 1.807) is 58.5 Å². The van der Waals surface area contributed by atoms with Gasteiger partial charge in [0.1, 0.15) is 31.3 Å². The molecule has 0 bridgehead atoms. The summed E-state index contributed by atoms with van der Waals surface area (Å²) in [6.45, 7) is 15.6. The van der Waals surface area contributed by atoms with Crippen molar-refractivity contribution < 1.29 is 52.3 Å². The maximum Gasteiger partial charge on any atom is 0.260 e. The summed E-state index contributed by atoms with van der Waals surface area (Å²) < 4.78 is 42.0. The van der Waals surface area contributed by atoms with E-state index in [2.05, 4.69) is 39.3 Å². The van der Waals surface area contributed by atoms with Crippen molar-refractivity contribution in [2.45, 2.75) is 102 Å². The van der Waals surface area contributed by atoms with Crippen LogP contribution in [-0.2, 0) is 25.6 Å². The van der Waals surface area contributed by atoms with Crippen molar-refractivity contribution in [2.24, 2.45) is 5.73 Å². The molecule has 4 aliphatic heterocycles. The van der Waals surface area contributed by atoms with Gasteiger partial charge >= 0.3 is 0 Å². The van der Waals surface area contributed by atoms with E-state index in [1.165, 1.54) is 19.1 Å². The summed E-state index contributed by atoms with van der Waals surface area (Å²) in [4.78, 5) is 64.3. The van der Waals surface area contributed by atoms with E-state index < -0.39 is 28.2 Å². The van der Waals surface area contributed by atoms with E-state index in [1.807, 2.05) is 48.5 Å². The van der Waals surface area contributed by atoms with Crippen molar-refractivity contribution in [1.82, 2.24) is 9.80 Å². The molecule has 0 fully saturated rings. The van der Waals surface area contributed by atoms with Crippen LogP contribution < -0.4 is 39.2 Å². The molecule has 4 heterocycles. The lowest BCUT2D eigenvalue weighted by Crippen LogP contribution is -2.45. The summed E-state index contributed by atoms with van der Waals surface area (Å²) in [6.07, 6.45) is 6.28. The van der Waals surface area contributed by atoms with Gasteiger partial charge in [0.15, 0.2) is 23.0 Å². The molecular weight excluding hydrogens is 987 g/mol. The van der Waals surface area contributed by atoms with Crippen LogP contribution in [0.4, 0.5) is 11.4 Å². The van der Waals surface area contributed by atoms with Crippen LogP contribution >= 0.6 is 0 Å². The summed E-state index contributed by atoms with van der Waals surface area (Å²) in [7, 11) is 1.81. The van der Waals surface area contributed by atoms with E-state index in [9.17, 15) is 19.2 Å². The van der Waals surface area contributed by atoms with Crippen molar-refractivity contribution in [1.29, 1.82) is 0 Å². The van der Waals surface area contributed by atoms with E-state index in [0.717, 1.165) is 46.3 Å². The highest BCUT2D eigenvalue weighted by Crippen LogP contribution is 2.44. The van der Waals surface area contributed by atoms with Crippen LogP contribution in [0.1, 0.15) is 69.5 Å². The molecule has 0 spiro atoms. The minimum atomic E-state index is -1.43. The first-order valence-electron chi connectivity index (χ1n) is 25.9. The summed E-state index contributed by atoms with van der Waals surface area (Å²) in [5.41, 5.74) is 11.9. The smallest absolute Gasteiger partial charge is 0.260 e. The molecule has 4 aromatic rings. The second-order valence-corrected chi connectivity index (χ2v) is 33.1. The summed E-state index contributed by atoms with van der Waals surface area (Å²) in [5, 5.41) is 0. The minimum absolute atomic E-state index is 0.0190. The fourth-order valence-electron chi connectivity index (χ4n) is 9.48. The zero-order chi connectivity index (χ0) is 53.6. The highest BCUT2D eigenvalue weighted by atomic mass is 28.3. The average molecular weight is 1060 g/mol. The number of fused-ring (bicyclic) bond motifs is 4. The number of nitrogens with two attached hydrogens (primary N) is 1. The number of hydrogen-bond acceptors (Lipinski definition) is 12. The van der Waals surface area contributed by atoms with Crippen LogP contribution in [-0.4, -0.2) is 123 Å². The van der Waals surface area contributed by atoms with Gasteiger partial charge in [0.05, 0.1) is 57.0 Å². The number of hydrogen-bond donors (Lipinski definition) is 1. The number of ether oxygens (including phenoxy) is 7. The largest absolute Gasteiger partial charge is 0.497 e. The quantitative estimate of drug-likeness (QED) is 0.0521. The Kier molecular flexibility index (Phi) is 17.3. The topological polar surface area (TPSA) is 172 Å². The van der Waals surface area contributed by atoms with Gasteiger partial charge in [-0.3, -0.25) is 29.0 Å². The normalized spacial score (nSPS) is 17.5. The number of methoxy groups -OCH3 is 3. The second-order valence-electron chi connectivity index (χ2n) is 21.8. The highest BCUT2D eigenvalue weighted by molar-refractivity contribution is 6.76. The average Bonchev–Trinajstić information content (AvgIpc) is 4.03. The Balaban J connectivity index is 0.951. The Morgan fingerprint density at radius 1 is 0.533 bits per heavy atom. The molecule has 2 N–H and O–H groups in total. The van der Waals surface area contributed by atoms with Gasteiger partial charge in [-0.1, -0.05) is 75.7 Å². The van der Waals surface area contributed by atoms with Gasteiger partial charge in [0.2, 0.25) is 0 Å². The van der Waals surface area contributed by atoms with Crippen molar-refractivity contribution >= 4 is 62.3 Å². The molecular formula is C57H73N5O11Si2. The molecule has 75 heavy (non-hydrogen) atoms. The van der Waals surface area contributed by atoms with Crippen molar-refractivity contribution in [2.75, 3.05) is 71.0 Å². The van der Waals surface area contributed by atoms with Crippen LogP contribution in [0.15, 0.2) is 85.2 Å². The molecule has 16 nitrogen and oxygen atoms in total. The first kappa shape index (κ1) is 54.8. The third-order valence-electron chi connectivity index (χ3n) is 14.0. The van der Waals surface area contributed by atoms with Crippen LogP contribution in [0.25, 0.3) is 11.1 Å². The SMILES string of the molecule is COc1ccc(C2=CN3C(=O)c4cc(OC)c(OCCCCCOc5cc6c(cc5OC)C(=O)N5C=C(c7ccc(CN)cc7)C[C@H]5C(=O)N6COCC[Si](C)(C)C)cc4N(COCC[Si](C)(C)C)C(=O)[C@@H]3C2)cc1. The van der Waals surface area contributed by atoms with Gasteiger partial charge < -0.3 is 48.7 Å². The van der Waals surface area contributed by atoms with Gasteiger partial charge in [-0.15, -0.1) is 0 Å². The predicted molar refractivity (Wildman–Crippen MR) is 296 cm³/mol. The predicted octanol–water partition coefficient (Wildman–Crippen LogP) is 9.63. The number of carbonyl (C=O) groups is 4. The molecule has 0 aromatic heterocycles. The fraction of sp³-hybridized carbons (Fsp3) is 0.439. The Bertz CT molecular complexity index is 2620. The van der Waals surface area contributed by atoms with Gasteiger partial charge in [0, 0.05) is 73.3 Å². The highest BCUT2D eigenvalue weighted by Gasteiger charge is 2.45. The monoisotopic (exact) mass is 1060 g/mol. The lowest BCUT2D eigenvalue weighted by molar-refractivity contribution is -0.123. The molecule has 4 aromatic carbocycles. The van der Waals surface area contributed by atoms with Crippen LogP contribution in [0.2, 0.25) is 51.4 Å².